The monoisotopic (exact) mass is 738 g/mol. The second kappa shape index (κ2) is 18.3. The highest BCUT2D eigenvalue weighted by atomic mass is 35.5. The molecule has 1 saturated heterocycles. The van der Waals surface area contributed by atoms with Gasteiger partial charge in [0.25, 0.3) is 0 Å². The third-order valence-corrected chi connectivity index (χ3v) is 9.96. The zero-order valence-corrected chi connectivity index (χ0v) is 30.9. The molecule has 0 radical (unpaired) electrons. The van der Waals surface area contributed by atoms with Crippen LogP contribution in [0.5, 0.6) is 5.75 Å². The van der Waals surface area contributed by atoms with Crippen molar-refractivity contribution >= 4 is 11.6 Å². The van der Waals surface area contributed by atoms with E-state index in [2.05, 4.69) is 0 Å². The summed E-state index contributed by atoms with van der Waals surface area (Å²) in [5.74, 6) is -0.912. The average molecular weight is 739 g/mol. The van der Waals surface area contributed by atoms with Crippen LogP contribution in [-0.2, 0) is 55.7 Å². The molecule has 4 atom stereocenters. The van der Waals surface area contributed by atoms with Gasteiger partial charge in [-0.1, -0.05) is 121 Å². The summed E-state index contributed by atoms with van der Waals surface area (Å²) >= 11 is 6.85. The molecule has 0 bridgehead atoms. The lowest BCUT2D eigenvalue weighted by Crippen LogP contribution is -2.72. The maximum absolute atomic E-state index is 11.2. The summed E-state index contributed by atoms with van der Waals surface area (Å²) in [6.07, 6.45) is -2.37. The summed E-state index contributed by atoms with van der Waals surface area (Å²) in [5, 5.41) is 22.9. The van der Waals surface area contributed by atoms with Gasteiger partial charge in [0.05, 0.1) is 39.6 Å². The third kappa shape index (κ3) is 9.00. The summed E-state index contributed by atoms with van der Waals surface area (Å²) in [4.78, 5) is 0. The van der Waals surface area contributed by atoms with Gasteiger partial charge in [0, 0.05) is 17.7 Å². The highest BCUT2D eigenvalue weighted by Gasteiger charge is 2.64. The van der Waals surface area contributed by atoms with Crippen molar-refractivity contribution in [2.24, 2.45) is 0 Å². The molecule has 278 valence electrons. The Kier molecular flexibility index (Phi) is 13.3. The van der Waals surface area contributed by atoms with Crippen molar-refractivity contribution in [1.82, 2.24) is 0 Å². The predicted molar refractivity (Wildman–Crippen MR) is 204 cm³/mol. The van der Waals surface area contributed by atoms with Gasteiger partial charge in [-0.25, -0.2) is 0 Å². The standard InChI is InChI=1S/C44H47ClO8/c1-3-49-38-22-19-32(20-23-38)25-36-26-37(21-24-39(36)45)44(48-2)42(52-29-35-17-11-6-12-18-35)40(50-27-33-13-7-4-8-14-33)41(43(30-46,31-47)53-44)51-28-34-15-9-5-10-16-34/h4-24,26,40-42,46-47H,3,25,27-31H2,1-2H3. The van der Waals surface area contributed by atoms with Crippen LogP contribution in [0.4, 0.5) is 0 Å². The van der Waals surface area contributed by atoms with Crippen molar-refractivity contribution in [3.8, 4) is 5.75 Å². The van der Waals surface area contributed by atoms with E-state index in [1.165, 1.54) is 7.11 Å². The zero-order chi connectivity index (χ0) is 37.1. The Morgan fingerprint density at radius 3 is 1.68 bits per heavy atom. The molecule has 1 aliphatic heterocycles. The van der Waals surface area contributed by atoms with Gasteiger partial charge < -0.3 is 38.6 Å². The van der Waals surface area contributed by atoms with Gasteiger partial charge >= 0.3 is 0 Å². The van der Waals surface area contributed by atoms with Crippen LogP contribution >= 0.6 is 11.6 Å². The van der Waals surface area contributed by atoms with Crippen LogP contribution in [-0.4, -0.2) is 61.1 Å². The van der Waals surface area contributed by atoms with Crippen molar-refractivity contribution in [3.05, 3.63) is 172 Å². The molecule has 0 amide bonds. The largest absolute Gasteiger partial charge is 0.494 e. The molecular weight excluding hydrogens is 692 g/mol. The van der Waals surface area contributed by atoms with Crippen molar-refractivity contribution in [1.29, 1.82) is 0 Å². The Morgan fingerprint density at radius 1 is 0.642 bits per heavy atom. The van der Waals surface area contributed by atoms with Gasteiger partial charge in [-0.3, -0.25) is 0 Å². The summed E-state index contributed by atoms with van der Waals surface area (Å²) < 4.78 is 39.3. The van der Waals surface area contributed by atoms with E-state index in [0.717, 1.165) is 33.6 Å². The number of halogens is 1. The molecule has 8 nitrogen and oxygen atoms in total. The minimum Gasteiger partial charge on any atom is -0.494 e. The number of hydrogen-bond acceptors (Lipinski definition) is 8. The van der Waals surface area contributed by atoms with Crippen LogP contribution in [0.2, 0.25) is 5.02 Å². The fourth-order valence-electron chi connectivity index (χ4n) is 6.82. The van der Waals surface area contributed by atoms with Crippen LogP contribution in [0.3, 0.4) is 0 Å². The molecule has 9 heteroatoms. The molecule has 6 rings (SSSR count). The fraction of sp³-hybridized carbons (Fsp3) is 0.318. The molecule has 2 N–H and O–H groups in total. The molecule has 1 fully saturated rings. The van der Waals surface area contributed by atoms with Gasteiger partial charge in [0.15, 0.2) is 0 Å². The Labute approximate surface area is 316 Å². The molecule has 53 heavy (non-hydrogen) atoms. The zero-order valence-electron chi connectivity index (χ0n) is 30.1. The van der Waals surface area contributed by atoms with E-state index in [9.17, 15) is 10.2 Å². The number of aliphatic hydroxyl groups is 2. The highest BCUT2D eigenvalue weighted by molar-refractivity contribution is 6.31. The minimum absolute atomic E-state index is 0.167. The molecule has 0 saturated carbocycles. The maximum Gasteiger partial charge on any atom is 0.225 e. The van der Waals surface area contributed by atoms with E-state index in [1.807, 2.05) is 134 Å². The minimum atomic E-state index is -1.70. The van der Waals surface area contributed by atoms with Gasteiger partial charge in [0.1, 0.15) is 29.7 Å². The number of benzene rings is 5. The normalized spacial score (nSPS) is 21.0. The van der Waals surface area contributed by atoms with Crippen LogP contribution in [0.25, 0.3) is 0 Å². The molecule has 4 unspecified atom stereocenters. The molecule has 5 aromatic carbocycles. The summed E-state index contributed by atoms with van der Waals surface area (Å²) in [5.41, 5.74) is 3.48. The first-order valence-electron chi connectivity index (χ1n) is 17.9. The summed E-state index contributed by atoms with van der Waals surface area (Å²) in [6.45, 7) is 1.88. The number of rotatable bonds is 17. The summed E-state index contributed by atoms with van der Waals surface area (Å²) in [7, 11) is 1.53. The number of methoxy groups -OCH3 is 1. The fourth-order valence-corrected chi connectivity index (χ4v) is 7.00. The van der Waals surface area contributed by atoms with Crippen LogP contribution in [0.1, 0.15) is 40.3 Å². The molecular formula is C44H47ClO8. The van der Waals surface area contributed by atoms with Crippen molar-refractivity contribution in [2.45, 2.75) is 62.9 Å². The maximum atomic E-state index is 11.2. The first-order valence-corrected chi connectivity index (χ1v) is 18.3. The van der Waals surface area contributed by atoms with E-state index >= 15 is 0 Å². The number of aliphatic hydroxyl groups excluding tert-OH is 2. The Balaban J connectivity index is 1.46. The Bertz CT molecular complexity index is 1840. The smallest absolute Gasteiger partial charge is 0.225 e. The second-order valence-corrected chi connectivity index (χ2v) is 13.5. The number of ether oxygens (including phenoxy) is 6. The lowest BCUT2D eigenvalue weighted by molar-refractivity contribution is -0.417. The first kappa shape index (κ1) is 38.6. The Hall–Kier alpha value is -4.09. The van der Waals surface area contributed by atoms with E-state index in [-0.39, 0.29) is 19.8 Å². The van der Waals surface area contributed by atoms with Crippen LogP contribution < -0.4 is 4.74 Å². The van der Waals surface area contributed by atoms with Gasteiger partial charge in [-0.2, -0.15) is 0 Å². The SMILES string of the molecule is CCOc1ccc(Cc2cc(C3(OC)OC(CO)(CO)C(OCc4ccccc4)C(OCc4ccccc4)C3OCc3ccccc3)ccc2Cl)cc1. The quantitative estimate of drug-likeness (QED) is 0.101. The van der Waals surface area contributed by atoms with Gasteiger partial charge in [0.2, 0.25) is 5.79 Å². The molecule has 5 aromatic rings. The molecule has 0 aromatic heterocycles. The highest BCUT2D eigenvalue weighted by Crippen LogP contribution is 2.48. The topological polar surface area (TPSA) is 95.8 Å². The molecule has 0 spiro atoms. The average Bonchev–Trinajstić information content (AvgIpc) is 3.21. The molecule has 1 heterocycles. The van der Waals surface area contributed by atoms with E-state index in [1.54, 1.807) is 6.07 Å². The van der Waals surface area contributed by atoms with Crippen LogP contribution in [0.15, 0.2) is 133 Å². The number of hydrogen-bond donors (Lipinski definition) is 2. The van der Waals surface area contributed by atoms with E-state index in [4.69, 9.17) is 40.0 Å². The van der Waals surface area contributed by atoms with Crippen molar-refractivity contribution in [3.63, 3.8) is 0 Å². The van der Waals surface area contributed by atoms with Crippen molar-refractivity contribution in [2.75, 3.05) is 26.9 Å². The molecule has 1 aliphatic rings. The lowest BCUT2D eigenvalue weighted by Gasteiger charge is -2.56. The van der Waals surface area contributed by atoms with Gasteiger partial charge in [-0.05, 0) is 65.4 Å². The Morgan fingerprint density at radius 2 is 1.17 bits per heavy atom. The van der Waals surface area contributed by atoms with Gasteiger partial charge in [-0.15, -0.1) is 0 Å². The van der Waals surface area contributed by atoms with Crippen molar-refractivity contribution < 1.29 is 38.6 Å². The third-order valence-electron chi connectivity index (χ3n) is 9.59. The molecule has 0 aliphatic carbocycles. The van der Waals surface area contributed by atoms with Crippen LogP contribution in [0, 0.1) is 0 Å². The first-order chi connectivity index (χ1) is 25.9. The lowest BCUT2D eigenvalue weighted by atomic mass is 9.80. The van der Waals surface area contributed by atoms with E-state index < -0.39 is 42.9 Å². The second-order valence-electron chi connectivity index (χ2n) is 13.1. The summed E-state index contributed by atoms with van der Waals surface area (Å²) in [6, 6.07) is 42.7. The predicted octanol–water partition coefficient (Wildman–Crippen LogP) is 7.64. The van der Waals surface area contributed by atoms with E-state index in [0.29, 0.717) is 23.6 Å².